The molecule has 0 aliphatic rings. The Morgan fingerprint density at radius 3 is 2.00 bits per heavy atom. The summed E-state index contributed by atoms with van der Waals surface area (Å²) in [5.41, 5.74) is 6.18. The maximum atomic E-state index is 2.48. The van der Waals surface area contributed by atoms with E-state index in [1.807, 2.05) is 11.3 Å². The molecule has 41 heavy (non-hydrogen) atoms. The largest absolute Gasteiger partial charge is 0.313 e. The number of fused-ring (bicyclic) bond motifs is 16. The molecule has 0 saturated carbocycles. The Kier molecular flexibility index (Phi) is 4.10. The van der Waals surface area contributed by atoms with Gasteiger partial charge in [-0.05, 0) is 30.3 Å². The van der Waals surface area contributed by atoms with Crippen LogP contribution in [-0.4, -0.2) is 8.97 Å². The minimum Gasteiger partial charge on any atom is -0.313 e. The molecule has 0 fully saturated rings. The standard InChI is InChI=1S/C38H22N2S/c1-2-11-24(12-3-1)40-31-16-8-6-14-26(31)27-18-19-30-34-29(20-21-33-35(34)28-15-7-9-17-32(28)41-33)36-25-13-5-4-10-23(25)22-39(36)37(30)38(27)40/h1-22H. The van der Waals surface area contributed by atoms with Crippen LogP contribution in [0.15, 0.2) is 134 Å². The molecule has 0 atom stereocenters. The van der Waals surface area contributed by atoms with Crippen LogP contribution in [0.4, 0.5) is 0 Å². The topological polar surface area (TPSA) is 9.34 Å². The number of rotatable bonds is 1. The van der Waals surface area contributed by atoms with Gasteiger partial charge in [-0.15, -0.1) is 11.3 Å². The minimum absolute atomic E-state index is 1.18. The number of aromatic nitrogens is 2. The first kappa shape index (κ1) is 21.7. The lowest BCUT2D eigenvalue weighted by atomic mass is 9.97. The number of hydrogen-bond donors (Lipinski definition) is 0. The van der Waals surface area contributed by atoms with Crippen molar-refractivity contribution in [3.63, 3.8) is 0 Å². The molecular weight excluding hydrogens is 516 g/mol. The summed E-state index contributed by atoms with van der Waals surface area (Å²) in [4.78, 5) is 0. The number of pyridine rings is 1. The fraction of sp³-hybridized carbons (Fsp3) is 0. The van der Waals surface area contributed by atoms with E-state index in [-0.39, 0.29) is 0 Å². The number of nitrogens with zero attached hydrogens (tertiary/aromatic N) is 2. The first-order chi connectivity index (χ1) is 20.4. The van der Waals surface area contributed by atoms with Gasteiger partial charge in [-0.2, -0.15) is 0 Å². The Labute approximate surface area is 238 Å². The van der Waals surface area contributed by atoms with Crippen molar-refractivity contribution in [2.45, 2.75) is 0 Å². The van der Waals surface area contributed by atoms with Crippen molar-refractivity contribution in [3.05, 3.63) is 134 Å². The van der Waals surface area contributed by atoms with Crippen LogP contribution in [0.2, 0.25) is 0 Å². The van der Waals surface area contributed by atoms with Crippen molar-refractivity contribution in [2.24, 2.45) is 0 Å². The molecule has 4 aromatic heterocycles. The lowest BCUT2D eigenvalue weighted by molar-refractivity contribution is 1.17. The van der Waals surface area contributed by atoms with E-state index in [1.165, 1.54) is 85.6 Å². The highest BCUT2D eigenvalue weighted by atomic mass is 32.1. The van der Waals surface area contributed by atoms with E-state index in [2.05, 4.69) is 143 Å². The van der Waals surface area contributed by atoms with Crippen LogP contribution < -0.4 is 0 Å². The van der Waals surface area contributed by atoms with Gasteiger partial charge in [0.1, 0.15) is 0 Å². The second kappa shape index (κ2) is 7.75. The van der Waals surface area contributed by atoms with Crippen LogP contribution in [0.1, 0.15) is 0 Å². The highest BCUT2D eigenvalue weighted by Gasteiger charge is 2.22. The van der Waals surface area contributed by atoms with Gasteiger partial charge in [0.2, 0.25) is 0 Å². The van der Waals surface area contributed by atoms with Gasteiger partial charge in [-0.3, -0.25) is 0 Å². The molecule has 190 valence electrons. The summed E-state index contributed by atoms with van der Waals surface area (Å²) >= 11 is 1.89. The van der Waals surface area contributed by atoms with E-state index in [1.54, 1.807) is 0 Å². The van der Waals surface area contributed by atoms with Crippen molar-refractivity contribution in [2.75, 3.05) is 0 Å². The van der Waals surface area contributed by atoms with Gasteiger partial charge in [0, 0.05) is 69.8 Å². The summed E-state index contributed by atoms with van der Waals surface area (Å²) in [6, 6.07) is 46.7. The van der Waals surface area contributed by atoms with Crippen molar-refractivity contribution in [1.82, 2.24) is 8.97 Å². The Morgan fingerprint density at radius 2 is 1.10 bits per heavy atom. The molecule has 6 aromatic carbocycles. The van der Waals surface area contributed by atoms with Crippen LogP contribution >= 0.6 is 11.3 Å². The minimum atomic E-state index is 1.18. The molecule has 0 spiro atoms. The van der Waals surface area contributed by atoms with Crippen molar-refractivity contribution in [1.29, 1.82) is 0 Å². The van der Waals surface area contributed by atoms with Gasteiger partial charge in [0.15, 0.2) is 0 Å². The number of benzene rings is 6. The quantitative estimate of drug-likeness (QED) is 0.184. The van der Waals surface area contributed by atoms with E-state index in [0.29, 0.717) is 0 Å². The molecule has 10 aromatic rings. The average molecular weight is 539 g/mol. The van der Waals surface area contributed by atoms with Crippen molar-refractivity contribution >= 4 is 91.3 Å². The zero-order valence-electron chi connectivity index (χ0n) is 22.0. The molecule has 0 radical (unpaired) electrons. The average Bonchev–Trinajstić information content (AvgIpc) is 3.71. The first-order valence-electron chi connectivity index (χ1n) is 14.0. The summed E-state index contributed by atoms with van der Waals surface area (Å²) in [7, 11) is 0. The third-order valence-corrected chi connectivity index (χ3v) is 9.99. The fourth-order valence-corrected chi connectivity index (χ4v) is 8.35. The molecule has 10 rings (SSSR count). The molecule has 2 nitrogen and oxygen atoms in total. The second-order valence-corrected chi connectivity index (χ2v) is 12.0. The molecule has 0 N–H and O–H groups in total. The lowest BCUT2D eigenvalue weighted by Crippen LogP contribution is -1.97. The molecule has 3 heteroatoms. The summed E-state index contributed by atoms with van der Waals surface area (Å²) in [6.07, 6.45) is 2.34. The molecule has 0 saturated heterocycles. The zero-order chi connectivity index (χ0) is 26.7. The third-order valence-electron chi connectivity index (χ3n) is 8.86. The molecule has 0 bridgehead atoms. The normalized spacial score (nSPS) is 12.4. The fourth-order valence-electron chi connectivity index (χ4n) is 7.23. The predicted molar refractivity (Wildman–Crippen MR) is 177 cm³/mol. The SMILES string of the molecule is c1ccc(-n2c3ccccc3c3ccc4c5c(ccc6sc7ccccc7c65)c5c6ccccc6cn5c4c32)cc1. The van der Waals surface area contributed by atoms with Crippen LogP contribution in [0, 0.1) is 0 Å². The molecular formula is C38H22N2S. The van der Waals surface area contributed by atoms with E-state index < -0.39 is 0 Å². The summed E-state index contributed by atoms with van der Waals surface area (Å²) in [6.45, 7) is 0. The van der Waals surface area contributed by atoms with Crippen LogP contribution in [0.3, 0.4) is 0 Å². The third kappa shape index (κ3) is 2.71. The number of para-hydroxylation sites is 2. The summed E-state index contributed by atoms with van der Waals surface area (Å²) in [5, 5.41) is 11.7. The Balaban J connectivity index is 1.59. The van der Waals surface area contributed by atoms with Crippen LogP contribution in [0.5, 0.6) is 0 Å². The summed E-state index contributed by atoms with van der Waals surface area (Å²) in [5.74, 6) is 0. The van der Waals surface area contributed by atoms with E-state index in [9.17, 15) is 0 Å². The maximum Gasteiger partial charge on any atom is 0.0788 e. The first-order valence-corrected chi connectivity index (χ1v) is 14.9. The van der Waals surface area contributed by atoms with Crippen LogP contribution in [-0.2, 0) is 0 Å². The van der Waals surface area contributed by atoms with E-state index in [0.717, 1.165) is 0 Å². The smallest absolute Gasteiger partial charge is 0.0788 e. The van der Waals surface area contributed by atoms with Gasteiger partial charge < -0.3 is 8.97 Å². The second-order valence-electron chi connectivity index (χ2n) is 10.9. The van der Waals surface area contributed by atoms with Crippen molar-refractivity contribution in [3.8, 4) is 5.69 Å². The molecule has 0 aliphatic heterocycles. The predicted octanol–water partition coefficient (Wildman–Crippen LogP) is 10.9. The number of hydrogen-bond acceptors (Lipinski definition) is 1. The zero-order valence-corrected chi connectivity index (χ0v) is 22.8. The molecule has 0 amide bonds. The molecule has 4 heterocycles. The van der Waals surface area contributed by atoms with Gasteiger partial charge in [-0.1, -0.05) is 97.1 Å². The Morgan fingerprint density at radius 1 is 0.415 bits per heavy atom. The van der Waals surface area contributed by atoms with Crippen molar-refractivity contribution < 1.29 is 0 Å². The molecule has 0 unspecified atom stereocenters. The Bertz CT molecular complexity index is 2690. The van der Waals surface area contributed by atoms with Gasteiger partial charge >= 0.3 is 0 Å². The van der Waals surface area contributed by atoms with Gasteiger partial charge in [0.25, 0.3) is 0 Å². The number of thiophene rings is 1. The summed E-state index contributed by atoms with van der Waals surface area (Å²) < 4.78 is 7.62. The monoisotopic (exact) mass is 538 g/mol. The van der Waals surface area contributed by atoms with Gasteiger partial charge in [-0.25, -0.2) is 0 Å². The van der Waals surface area contributed by atoms with Crippen LogP contribution in [0.25, 0.3) is 85.6 Å². The molecule has 0 aliphatic carbocycles. The van der Waals surface area contributed by atoms with E-state index >= 15 is 0 Å². The van der Waals surface area contributed by atoms with E-state index in [4.69, 9.17) is 0 Å². The maximum absolute atomic E-state index is 2.48. The highest BCUT2D eigenvalue weighted by Crippen LogP contribution is 2.46. The highest BCUT2D eigenvalue weighted by molar-refractivity contribution is 7.26. The lowest BCUT2D eigenvalue weighted by Gasteiger charge is -2.15. The Hall–Kier alpha value is -5.12. The van der Waals surface area contributed by atoms with Gasteiger partial charge in [0.05, 0.1) is 22.1 Å².